The van der Waals surface area contributed by atoms with Gasteiger partial charge in [0.2, 0.25) is 5.91 Å². The Hall–Kier alpha value is -3.14. The predicted octanol–water partition coefficient (Wildman–Crippen LogP) is 5.51. The molecule has 34 heavy (non-hydrogen) atoms. The minimum atomic E-state index is -2.64. The Morgan fingerprint density at radius 2 is 1.94 bits per heavy atom. The Morgan fingerprint density at radius 3 is 2.62 bits per heavy atom. The van der Waals surface area contributed by atoms with Gasteiger partial charge in [0, 0.05) is 23.4 Å². The van der Waals surface area contributed by atoms with Crippen molar-refractivity contribution in [2.24, 2.45) is 0 Å². The van der Waals surface area contributed by atoms with Crippen LogP contribution in [0.15, 0.2) is 41.0 Å². The minimum absolute atomic E-state index is 0.0753. The van der Waals surface area contributed by atoms with Crippen LogP contribution in [-0.4, -0.2) is 30.5 Å². The number of aromatic nitrogens is 5. The number of amides is 1. The van der Waals surface area contributed by atoms with E-state index in [2.05, 4.69) is 36.4 Å². The van der Waals surface area contributed by atoms with E-state index < -0.39 is 6.43 Å². The van der Waals surface area contributed by atoms with E-state index >= 15 is 0 Å². The van der Waals surface area contributed by atoms with E-state index in [9.17, 15) is 13.6 Å². The molecule has 0 radical (unpaired) electrons. The Bertz CT molecular complexity index is 1370. The second-order valence-electron chi connectivity index (χ2n) is 8.71. The van der Waals surface area contributed by atoms with Crippen LogP contribution in [0.1, 0.15) is 53.3 Å². The van der Waals surface area contributed by atoms with Crippen molar-refractivity contribution in [3.05, 3.63) is 69.1 Å². The number of benzene rings is 1. The van der Waals surface area contributed by atoms with Crippen LogP contribution in [0.25, 0.3) is 11.0 Å². The molecule has 176 valence electrons. The van der Waals surface area contributed by atoms with Crippen LogP contribution >= 0.6 is 15.9 Å². The molecule has 4 aromatic rings. The van der Waals surface area contributed by atoms with Crippen molar-refractivity contribution in [3.8, 4) is 0 Å². The quantitative estimate of drug-likeness (QED) is 0.343. The summed E-state index contributed by atoms with van der Waals surface area (Å²) in [4.78, 5) is 17.4. The van der Waals surface area contributed by atoms with Gasteiger partial charge in [-0.05, 0) is 54.2 Å². The van der Waals surface area contributed by atoms with E-state index in [1.807, 2.05) is 31.2 Å². The van der Waals surface area contributed by atoms with Gasteiger partial charge in [-0.3, -0.25) is 9.48 Å². The number of anilines is 1. The number of fused-ring (bicyclic) bond motifs is 1. The van der Waals surface area contributed by atoms with Crippen LogP contribution in [-0.2, 0) is 17.9 Å². The normalized spacial score (nSPS) is 13.7. The average molecular weight is 529 g/mol. The molecule has 0 unspecified atom stereocenters. The molecule has 0 bridgehead atoms. The third-order valence-corrected chi connectivity index (χ3v) is 6.47. The van der Waals surface area contributed by atoms with Gasteiger partial charge in [0.1, 0.15) is 6.54 Å². The van der Waals surface area contributed by atoms with Crippen molar-refractivity contribution in [3.63, 3.8) is 0 Å². The van der Waals surface area contributed by atoms with Crippen LogP contribution in [0.4, 0.5) is 14.6 Å². The number of rotatable bonds is 7. The topological polar surface area (TPSA) is 77.6 Å². The van der Waals surface area contributed by atoms with Crippen molar-refractivity contribution in [1.82, 2.24) is 24.5 Å². The molecule has 1 aliphatic rings. The number of aryl methyl sites for hydroxylation is 2. The molecule has 1 saturated carbocycles. The molecule has 0 saturated heterocycles. The first-order valence-electron chi connectivity index (χ1n) is 11.0. The van der Waals surface area contributed by atoms with Gasteiger partial charge in [0.05, 0.1) is 22.1 Å². The Kier molecular flexibility index (Phi) is 5.93. The summed E-state index contributed by atoms with van der Waals surface area (Å²) in [6, 6.07) is 9.63. The summed E-state index contributed by atoms with van der Waals surface area (Å²) in [5.74, 6) is 0.209. The molecule has 0 spiro atoms. The summed E-state index contributed by atoms with van der Waals surface area (Å²) in [5, 5.41) is 11.9. The van der Waals surface area contributed by atoms with Gasteiger partial charge >= 0.3 is 0 Å². The summed E-state index contributed by atoms with van der Waals surface area (Å²) in [6.45, 7) is 4.08. The standard InChI is InChI=1S/C24H23BrF2N6O/c1-13-3-5-15(6-4-13)10-32-11-18(25)23(31-32)29-20(34)12-33-24-21(14(2)30-33)17(22(26)27)9-19(28-24)16-7-8-16/h3-6,9,11,16,22H,7-8,10,12H2,1-2H3,(H,29,31,34). The highest BCUT2D eigenvalue weighted by molar-refractivity contribution is 9.10. The largest absolute Gasteiger partial charge is 0.307 e. The molecule has 1 fully saturated rings. The van der Waals surface area contributed by atoms with E-state index in [4.69, 9.17) is 0 Å². The Morgan fingerprint density at radius 1 is 1.21 bits per heavy atom. The molecule has 7 nitrogen and oxygen atoms in total. The van der Waals surface area contributed by atoms with E-state index in [0.29, 0.717) is 39.3 Å². The van der Waals surface area contributed by atoms with Crippen molar-refractivity contribution >= 4 is 38.7 Å². The first kappa shape index (κ1) is 22.6. The zero-order valence-corrected chi connectivity index (χ0v) is 20.3. The lowest BCUT2D eigenvalue weighted by molar-refractivity contribution is -0.116. The lowest BCUT2D eigenvalue weighted by Crippen LogP contribution is -2.20. The van der Waals surface area contributed by atoms with Crippen molar-refractivity contribution < 1.29 is 13.6 Å². The zero-order valence-electron chi connectivity index (χ0n) is 18.7. The third-order valence-electron chi connectivity index (χ3n) is 5.89. The highest BCUT2D eigenvalue weighted by atomic mass is 79.9. The molecule has 1 amide bonds. The first-order chi connectivity index (χ1) is 16.3. The number of nitrogens with one attached hydrogen (secondary N) is 1. The summed E-state index contributed by atoms with van der Waals surface area (Å²) >= 11 is 3.44. The van der Waals surface area contributed by atoms with Gasteiger partial charge in [-0.2, -0.15) is 10.2 Å². The van der Waals surface area contributed by atoms with Gasteiger partial charge in [-0.25, -0.2) is 18.4 Å². The summed E-state index contributed by atoms with van der Waals surface area (Å²) in [5.41, 5.74) is 3.58. The molecular weight excluding hydrogens is 506 g/mol. The number of pyridine rings is 1. The van der Waals surface area contributed by atoms with Gasteiger partial charge in [0.15, 0.2) is 11.5 Å². The number of carbonyl (C=O) groups excluding carboxylic acids is 1. The van der Waals surface area contributed by atoms with Crippen LogP contribution in [0.3, 0.4) is 0 Å². The van der Waals surface area contributed by atoms with Crippen LogP contribution in [0.2, 0.25) is 0 Å². The van der Waals surface area contributed by atoms with Crippen molar-refractivity contribution in [2.45, 2.75) is 52.1 Å². The lowest BCUT2D eigenvalue weighted by atomic mass is 10.1. The second-order valence-corrected chi connectivity index (χ2v) is 9.56. The van der Waals surface area contributed by atoms with Gasteiger partial charge in [-0.15, -0.1) is 0 Å². The molecule has 1 aromatic carbocycles. The molecule has 3 aromatic heterocycles. The molecule has 10 heteroatoms. The average Bonchev–Trinajstić information content (AvgIpc) is 3.52. The minimum Gasteiger partial charge on any atom is -0.307 e. The van der Waals surface area contributed by atoms with E-state index in [1.54, 1.807) is 17.8 Å². The first-order valence-corrected chi connectivity index (χ1v) is 11.8. The summed E-state index contributed by atoms with van der Waals surface area (Å²) in [7, 11) is 0. The summed E-state index contributed by atoms with van der Waals surface area (Å²) in [6.07, 6.45) is 1.03. The molecule has 1 N–H and O–H groups in total. The number of nitrogens with zero attached hydrogens (tertiary/aromatic N) is 5. The van der Waals surface area contributed by atoms with Crippen molar-refractivity contribution in [1.29, 1.82) is 0 Å². The lowest BCUT2D eigenvalue weighted by Gasteiger charge is -2.08. The fraction of sp³-hybridized carbons (Fsp3) is 0.333. The Labute approximate surface area is 203 Å². The molecule has 1 aliphatic carbocycles. The number of alkyl halides is 2. The fourth-order valence-electron chi connectivity index (χ4n) is 4.03. The zero-order chi connectivity index (χ0) is 24.0. The maximum Gasteiger partial charge on any atom is 0.264 e. The summed E-state index contributed by atoms with van der Waals surface area (Å²) < 4.78 is 31.3. The monoisotopic (exact) mass is 528 g/mol. The highest BCUT2D eigenvalue weighted by Crippen LogP contribution is 2.41. The van der Waals surface area contributed by atoms with E-state index in [-0.39, 0.29) is 23.9 Å². The van der Waals surface area contributed by atoms with Crippen LogP contribution in [0.5, 0.6) is 0 Å². The van der Waals surface area contributed by atoms with E-state index in [0.717, 1.165) is 18.4 Å². The second kappa shape index (κ2) is 8.90. The third kappa shape index (κ3) is 4.59. The van der Waals surface area contributed by atoms with Gasteiger partial charge < -0.3 is 5.32 Å². The van der Waals surface area contributed by atoms with Gasteiger partial charge in [0.25, 0.3) is 6.43 Å². The predicted molar refractivity (Wildman–Crippen MR) is 128 cm³/mol. The van der Waals surface area contributed by atoms with Crippen LogP contribution in [0, 0.1) is 13.8 Å². The highest BCUT2D eigenvalue weighted by Gasteiger charge is 2.29. The maximum atomic E-state index is 13.8. The smallest absolute Gasteiger partial charge is 0.264 e. The molecule has 0 aliphatic heterocycles. The SMILES string of the molecule is Cc1ccc(Cn2cc(Br)c(NC(=O)Cn3nc(C)c4c(C(F)F)cc(C5CC5)nc43)n2)cc1. The van der Waals surface area contributed by atoms with Gasteiger partial charge in [-0.1, -0.05) is 29.8 Å². The van der Waals surface area contributed by atoms with E-state index in [1.165, 1.54) is 16.3 Å². The molecule has 0 atom stereocenters. The molecular formula is C24H23BrF2N6O. The molecule has 5 rings (SSSR count). The maximum absolute atomic E-state index is 13.8. The number of hydrogen-bond acceptors (Lipinski definition) is 4. The van der Waals surface area contributed by atoms with Crippen LogP contribution < -0.4 is 5.32 Å². The number of hydrogen-bond donors (Lipinski definition) is 1. The number of halogens is 3. The Balaban J connectivity index is 1.36. The fourth-order valence-corrected chi connectivity index (χ4v) is 4.44. The van der Waals surface area contributed by atoms with Crippen molar-refractivity contribution in [2.75, 3.05) is 5.32 Å². The molecule has 3 heterocycles. The number of carbonyl (C=O) groups is 1.